The molecule has 0 spiro atoms. The molecule has 0 aromatic heterocycles. The van der Waals surface area contributed by atoms with Crippen molar-refractivity contribution >= 4 is 5.97 Å². The van der Waals surface area contributed by atoms with Crippen LogP contribution in [0.25, 0.3) is 0 Å². The Bertz CT molecular complexity index is 1460. The number of methoxy groups -OCH3 is 2. The first kappa shape index (κ1) is 8.62. The number of hydrogen-bond acceptors (Lipinski definition) is 6. The van der Waals surface area contributed by atoms with Crippen LogP contribution in [-0.2, 0) is 15.9 Å². The Kier molecular flexibility index (Phi) is 2.75. The van der Waals surface area contributed by atoms with E-state index in [-0.39, 0.29) is 0 Å². The fraction of sp³-hybridized carbons (Fsp3) is 0.708. The van der Waals surface area contributed by atoms with Crippen molar-refractivity contribution in [2.75, 3.05) is 27.1 Å². The molecule has 3 rings (SSSR count). The van der Waals surface area contributed by atoms with Crippen LogP contribution in [0.5, 0.6) is 11.5 Å². The minimum Gasteiger partial charge on any atom is -0.493 e. The highest BCUT2D eigenvalue weighted by Crippen LogP contribution is 2.44. The van der Waals surface area contributed by atoms with E-state index >= 15 is 0 Å². The summed E-state index contributed by atoms with van der Waals surface area (Å²) >= 11 is 0. The smallest absolute Gasteiger partial charge is 0.323 e. The van der Waals surface area contributed by atoms with Crippen LogP contribution in [0.1, 0.15) is 83.6 Å². The zero-order valence-corrected chi connectivity index (χ0v) is 16.9. The first-order valence-corrected chi connectivity index (χ1v) is 9.38. The number of carbonyl (C=O) groups is 1. The van der Waals surface area contributed by atoms with Crippen LogP contribution in [0.4, 0.5) is 0 Å². The van der Waals surface area contributed by atoms with E-state index < -0.39 is 130 Å². The number of nitrogens with two attached hydrogens (primary N) is 1. The number of ether oxygens (including phenoxy) is 3. The van der Waals surface area contributed by atoms with Gasteiger partial charge in [0.1, 0.15) is 12.1 Å². The predicted molar refractivity (Wildman–Crippen MR) is 118 cm³/mol. The van der Waals surface area contributed by atoms with Gasteiger partial charge in [0, 0.05) is 45.1 Å². The molecule has 4 unspecified atom stereocenters. The summed E-state index contributed by atoms with van der Waals surface area (Å²) in [5.41, 5.74) is 3.95. The number of nitrogens with zero attached hydrogens (tertiary/aromatic N) is 1. The van der Waals surface area contributed by atoms with E-state index in [1.165, 1.54) is 0 Å². The predicted octanol–water partition coefficient (Wildman–Crippen LogP) is 3.56. The highest BCUT2D eigenvalue weighted by molar-refractivity contribution is 5.76. The van der Waals surface area contributed by atoms with Crippen LogP contribution in [0, 0.1) is 17.7 Å². The van der Waals surface area contributed by atoms with Gasteiger partial charge in [-0.3, -0.25) is 9.69 Å². The molecule has 30 heavy (non-hydrogen) atoms. The number of hydrogen-bond donors (Lipinski definition) is 1. The lowest BCUT2D eigenvalue weighted by atomic mass is 9.79. The van der Waals surface area contributed by atoms with Gasteiger partial charge in [-0.1, -0.05) is 27.6 Å². The number of rotatable bonds is 7. The molecule has 6 heteroatoms. The maximum absolute atomic E-state index is 13.2. The summed E-state index contributed by atoms with van der Waals surface area (Å²) in [5.74, 6) is -9.09. The van der Waals surface area contributed by atoms with Crippen molar-refractivity contribution in [3.8, 4) is 11.5 Å². The average Bonchev–Trinajstić information content (AvgIpc) is 2.88. The van der Waals surface area contributed by atoms with Gasteiger partial charge < -0.3 is 19.9 Å². The lowest BCUT2D eigenvalue weighted by molar-refractivity contribution is -0.160. The third-order valence-corrected chi connectivity index (χ3v) is 4.95. The summed E-state index contributed by atoms with van der Waals surface area (Å²) in [7, 11) is -6.84. The van der Waals surface area contributed by atoms with Gasteiger partial charge in [0.2, 0.25) is 0 Å². The number of benzene rings is 1. The van der Waals surface area contributed by atoms with Gasteiger partial charge in [0.25, 0.3) is 0 Å². The molecule has 1 saturated heterocycles. The van der Waals surface area contributed by atoms with Gasteiger partial charge in [-0.25, -0.2) is 0 Å². The average molecular weight is 438 g/mol. The van der Waals surface area contributed by atoms with Gasteiger partial charge in [0.15, 0.2) is 11.5 Å². The first-order chi connectivity index (χ1) is 21.6. The van der Waals surface area contributed by atoms with Crippen LogP contribution in [0.2, 0.25) is 0 Å². The van der Waals surface area contributed by atoms with E-state index in [4.69, 9.17) is 44.6 Å². The number of carbonyl (C=O) groups excluding carboxylic acids is 1. The van der Waals surface area contributed by atoms with Gasteiger partial charge in [0.05, 0.1) is 26.4 Å². The van der Waals surface area contributed by atoms with Crippen LogP contribution in [0.15, 0.2) is 12.1 Å². The summed E-state index contributed by atoms with van der Waals surface area (Å²) in [6.07, 6.45) is -9.60. The summed E-state index contributed by atoms with van der Waals surface area (Å²) in [6.45, 7) is -4.02. The van der Waals surface area contributed by atoms with Crippen molar-refractivity contribution in [3.63, 3.8) is 0 Å². The van der Waals surface area contributed by atoms with Crippen LogP contribution >= 0.6 is 0 Å². The summed E-state index contributed by atoms with van der Waals surface area (Å²) in [6, 6.07) is -6.63. The number of esters is 1. The molecule has 1 fully saturated rings. The minimum absolute atomic E-state index is 0.425. The molecule has 168 valence electrons. The van der Waals surface area contributed by atoms with Crippen LogP contribution < -0.4 is 15.2 Å². The van der Waals surface area contributed by atoms with Gasteiger partial charge in [-0.15, -0.1) is 0 Å². The van der Waals surface area contributed by atoms with Gasteiger partial charge in [-0.05, 0) is 47.8 Å². The van der Waals surface area contributed by atoms with Crippen molar-refractivity contribution in [2.24, 2.45) is 23.5 Å². The molecule has 0 aliphatic carbocycles. The Balaban J connectivity index is 2.48. The van der Waals surface area contributed by atoms with E-state index in [2.05, 4.69) is 0 Å². The summed E-state index contributed by atoms with van der Waals surface area (Å²) in [5, 5.41) is 0. The monoisotopic (exact) mass is 437 g/mol. The fourth-order valence-corrected chi connectivity index (χ4v) is 3.30. The molecule has 2 aliphatic rings. The zero-order valence-electron chi connectivity index (χ0n) is 35.9. The quantitative estimate of drug-likeness (QED) is 0.658. The maximum atomic E-state index is 13.2. The Morgan fingerprint density at radius 1 is 1.43 bits per heavy atom. The molecule has 6 nitrogen and oxygen atoms in total. The van der Waals surface area contributed by atoms with Crippen LogP contribution in [-0.4, -0.2) is 50.1 Å². The van der Waals surface area contributed by atoms with E-state index in [0.29, 0.717) is 4.90 Å². The Hall–Kier alpha value is -1.79. The van der Waals surface area contributed by atoms with E-state index in [1.54, 1.807) is 13.8 Å². The van der Waals surface area contributed by atoms with Crippen molar-refractivity contribution in [3.05, 3.63) is 23.2 Å². The highest BCUT2D eigenvalue weighted by Gasteiger charge is 2.41. The molecular weight excluding hydrogens is 380 g/mol. The summed E-state index contributed by atoms with van der Waals surface area (Å²) in [4.78, 5) is 13.6. The highest BCUT2D eigenvalue weighted by atomic mass is 16.5. The number of fused-ring (bicyclic) bond motifs is 3. The molecule has 0 amide bonds. The fourth-order valence-electron chi connectivity index (χ4n) is 3.30. The lowest BCUT2D eigenvalue weighted by Crippen LogP contribution is -2.51. The largest absolute Gasteiger partial charge is 0.493 e. The standard InChI is InChI=1S/C24H38N2O4/c1-14(2)9-17-13-26-8-7-16-10-21(28-5)22(29-6)11-18(16)19(26)12-20(17)30-24(27)23(25)15(3)4/h10-11,14-15,17,19-20,23H,7-9,12-13,25H2,1-6H3/t17?,19?,20?,23-/m0/s1/i1D3,5D3,6D3,7D2,8D2,9D2,10D,11D,14D,19D/t14?,17?,19?,20?,23-. The van der Waals surface area contributed by atoms with Crippen molar-refractivity contribution in [1.82, 2.24) is 4.90 Å². The Labute approximate surface area is 207 Å². The molecule has 0 bridgehead atoms. The normalized spacial score (nSPS) is 43.7. The van der Waals surface area contributed by atoms with Gasteiger partial charge in [-0.2, -0.15) is 0 Å². The molecular formula is C24H38N2O4. The molecule has 2 N–H and O–H groups in total. The van der Waals surface area contributed by atoms with Crippen molar-refractivity contribution in [2.45, 2.75) is 65.0 Å². The second-order valence-electron chi connectivity index (χ2n) is 7.48. The van der Waals surface area contributed by atoms with Crippen LogP contribution in [0.3, 0.4) is 0 Å². The topological polar surface area (TPSA) is 74.0 Å². The lowest BCUT2D eigenvalue weighted by Gasteiger charge is -2.47. The van der Waals surface area contributed by atoms with Gasteiger partial charge >= 0.3 is 5.97 Å². The molecule has 1 aromatic rings. The SMILES string of the molecule is [2H]c1c(OC([2H])([2H])[2H])c(OC([2H])([2H])[2H])c([2H])c2c1C1([2H])CC(OC(=O)[C@@H](N)C(C)C)C(C([2H])([2H])C([2H])(C)C([2H])([2H])[2H])CN1C([2H])([2H])C2([2H])[2H]. The molecule has 0 radical (unpaired) electrons. The molecule has 5 atom stereocenters. The first-order valence-electron chi connectivity index (χ1n) is 18.9. The molecule has 1 aromatic carbocycles. The second kappa shape index (κ2) is 9.56. The maximum Gasteiger partial charge on any atom is 0.323 e. The Morgan fingerprint density at radius 2 is 2.17 bits per heavy atom. The van der Waals surface area contributed by atoms with E-state index in [1.807, 2.05) is 0 Å². The van der Waals surface area contributed by atoms with Crippen molar-refractivity contribution in [1.29, 1.82) is 0 Å². The zero-order chi connectivity index (χ0) is 38.5. The molecule has 0 saturated carbocycles. The molecule has 2 heterocycles. The van der Waals surface area contributed by atoms with Crippen molar-refractivity contribution < 1.29 is 45.0 Å². The minimum atomic E-state index is -3.46. The number of piperidine rings is 1. The Morgan fingerprint density at radius 3 is 2.83 bits per heavy atom. The molecule has 2 aliphatic heterocycles. The third kappa shape index (κ3) is 4.75. The van der Waals surface area contributed by atoms with E-state index in [9.17, 15) is 6.17 Å². The second-order valence-corrected chi connectivity index (χ2v) is 7.48. The summed E-state index contributed by atoms with van der Waals surface area (Å²) < 4.78 is 173. The van der Waals surface area contributed by atoms with E-state index in [0.717, 1.165) is 6.92 Å². The third-order valence-electron chi connectivity index (χ3n) is 4.95.